The van der Waals surface area contributed by atoms with E-state index in [1.54, 1.807) is 11.0 Å². The zero-order valence-corrected chi connectivity index (χ0v) is 28.4. The predicted octanol–water partition coefficient (Wildman–Crippen LogP) is 9.28. The molecule has 0 fully saturated rings. The number of amides is 1. The molecule has 0 bridgehead atoms. The van der Waals surface area contributed by atoms with E-state index in [2.05, 4.69) is 0 Å². The third-order valence-corrected chi connectivity index (χ3v) is 9.69. The number of aromatic nitrogens is 4. The number of hydrogen-bond acceptors (Lipinski definition) is 6. The number of halogens is 3. The van der Waals surface area contributed by atoms with Gasteiger partial charge < -0.3 is 14.0 Å². The Morgan fingerprint density at radius 3 is 2.50 bits per heavy atom. The normalized spacial score (nSPS) is 16.5. The first-order valence-corrected chi connectivity index (χ1v) is 16.4. The van der Waals surface area contributed by atoms with Gasteiger partial charge in [-0.25, -0.2) is 22.9 Å². The molecule has 2 atom stereocenters. The van der Waals surface area contributed by atoms with E-state index in [1.165, 1.54) is 12.5 Å². The molecule has 1 amide bonds. The molecule has 0 unspecified atom stereocenters. The largest absolute Gasteiger partial charge is 0.496 e. The molecule has 0 saturated heterocycles. The summed E-state index contributed by atoms with van der Waals surface area (Å²) in [5.41, 5.74) is 2.77. The first-order chi connectivity index (χ1) is 22.8. The number of fused-ring (bicyclic) bond motifs is 3. The molecule has 1 aliphatic heterocycles. The van der Waals surface area contributed by atoms with Crippen molar-refractivity contribution in [3.05, 3.63) is 77.2 Å². The zero-order chi connectivity index (χ0) is 34.2. The van der Waals surface area contributed by atoms with Gasteiger partial charge in [-0.3, -0.25) is 9.58 Å². The van der Waals surface area contributed by atoms with Crippen molar-refractivity contribution in [3.8, 4) is 39.5 Å². The number of ether oxygens (including phenoxy) is 2. The summed E-state index contributed by atoms with van der Waals surface area (Å²) in [5, 5.41) is 7.39. The van der Waals surface area contributed by atoms with Crippen LogP contribution in [0, 0.1) is 17.5 Å². The first-order valence-electron chi connectivity index (χ1n) is 15.5. The van der Waals surface area contributed by atoms with Crippen LogP contribution in [-0.2, 0) is 11.8 Å². The second-order valence-electron chi connectivity index (χ2n) is 13.2. The Bertz CT molecular complexity index is 2250. The number of aryl methyl sites for hydroxylation is 1. The zero-order valence-electron chi connectivity index (χ0n) is 27.6. The van der Waals surface area contributed by atoms with Crippen molar-refractivity contribution >= 4 is 38.4 Å². The number of rotatable bonds is 4. The number of carbonyl (C=O) groups is 1. The van der Waals surface area contributed by atoms with E-state index in [0.29, 0.717) is 28.3 Å². The van der Waals surface area contributed by atoms with Crippen molar-refractivity contribution in [3.63, 3.8) is 0 Å². The predicted molar refractivity (Wildman–Crippen MR) is 181 cm³/mol. The Morgan fingerprint density at radius 2 is 1.77 bits per heavy atom. The highest BCUT2D eigenvalue weighted by Crippen LogP contribution is 2.48. The quantitative estimate of drug-likeness (QED) is 0.187. The maximum Gasteiger partial charge on any atom is 0.410 e. The van der Waals surface area contributed by atoms with Gasteiger partial charge in [-0.15, -0.1) is 11.3 Å². The maximum atomic E-state index is 16.1. The maximum absolute atomic E-state index is 16.1. The summed E-state index contributed by atoms with van der Waals surface area (Å²) >= 11 is 1.15. The van der Waals surface area contributed by atoms with Gasteiger partial charge in [0.2, 0.25) is 0 Å². The molecule has 0 aliphatic carbocycles. The minimum Gasteiger partial charge on any atom is -0.496 e. The van der Waals surface area contributed by atoms with Gasteiger partial charge in [0.15, 0.2) is 0 Å². The number of benzene rings is 2. The SMILES string of the molecule is COc1cc(F)cc(F)c1-c1c(-c2cc3n(n2)[C@@H](C)CN(C(=O)OC(C)(C)C)[C@@H]3C)nc(-c2ccc3c(ccn3C)c2)c2scc(F)c12. The van der Waals surface area contributed by atoms with Crippen LogP contribution in [0.3, 0.4) is 0 Å². The Labute approximate surface area is 279 Å². The molecule has 8 nitrogen and oxygen atoms in total. The van der Waals surface area contributed by atoms with Crippen molar-refractivity contribution < 1.29 is 27.4 Å². The Balaban J connectivity index is 1.50. The van der Waals surface area contributed by atoms with Crippen LogP contribution in [0.1, 0.15) is 52.4 Å². The molecule has 5 heterocycles. The summed E-state index contributed by atoms with van der Waals surface area (Å²) in [6.07, 6.45) is 1.51. The number of pyridine rings is 1. The first kappa shape index (κ1) is 31.7. The number of methoxy groups -OCH3 is 1. The van der Waals surface area contributed by atoms with Crippen molar-refractivity contribution in [2.75, 3.05) is 13.7 Å². The van der Waals surface area contributed by atoms with Crippen molar-refractivity contribution in [2.45, 2.75) is 52.3 Å². The van der Waals surface area contributed by atoms with Crippen molar-refractivity contribution in [1.29, 1.82) is 0 Å². The lowest BCUT2D eigenvalue weighted by atomic mass is 9.94. The lowest BCUT2D eigenvalue weighted by Gasteiger charge is -2.38. The van der Waals surface area contributed by atoms with Crippen LogP contribution >= 0.6 is 11.3 Å². The van der Waals surface area contributed by atoms with E-state index in [4.69, 9.17) is 19.6 Å². The van der Waals surface area contributed by atoms with E-state index in [0.717, 1.165) is 39.9 Å². The van der Waals surface area contributed by atoms with Gasteiger partial charge in [-0.2, -0.15) is 5.10 Å². The molecule has 1 aliphatic rings. The molecule has 248 valence electrons. The van der Waals surface area contributed by atoms with Crippen LogP contribution in [0.5, 0.6) is 5.75 Å². The molecule has 2 aromatic carbocycles. The second-order valence-corrected chi connectivity index (χ2v) is 14.1. The van der Waals surface area contributed by atoms with Gasteiger partial charge in [0.05, 0.1) is 40.8 Å². The molecule has 7 rings (SSSR count). The van der Waals surface area contributed by atoms with Gasteiger partial charge in [0, 0.05) is 64.7 Å². The summed E-state index contributed by atoms with van der Waals surface area (Å²) in [5.74, 6) is -2.45. The third kappa shape index (κ3) is 5.18. The minimum absolute atomic E-state index is 0.0994. The molecule has 6 aromatic rings. The lowest BCUT2D eigenvalue weighted by molar-refractivity contribution is 0.00865. The topological polar surface area (TPSA) is 74.4 Å². The van der Waals surface area contributed by atoms with Crippen LogP contribution in [0.4, 0.5) is 18.0 Å². The summed E-state index contributed by atoms with van der Waals surface area (Å²) in [4.78, 5) is 20.0. The Kier molecular flexibility index (Phi) is 7.54. The highest BCUT2D eigenvalue weighted by Gasteiger charge is 2.37. The van der Waals surface area contributed by atoms with Gasteiger partial charge >= 0.3 is 6.09 Å². The van der Waals surface area contributed by atoms with E-state index >= 15 is 8.78 Å². The van der Waals surface area contributed by atoms with Crippen LogP contribution < -0.4 is 4.74 Å². The minimum atomic E-state index is -0.929. The van der Waals surface area contributed by atoms with Gasteiger partial charge in [0.25, 0.3) is 0 Å². The van der Waals surface area contributed by atoms with E-state index in [9.17, 15) is 9.18 Å². The molecule has 0 N–H and O–H groups in total. The fourth-order valence-corrected chi connectivity index (χ4v) is 7.44. The van der Waals surface area contributed by atoms with Crippen LogP contribution in [0.15, 0.2) is 54.0 Å². The smallest absolute Gasteiger partial charge is 0.410 e. The third-order valence-electron chi connectivity index (χ3n) is 8.73. The Hall–Kier alpha value is -4.84. The summed E-state index contributed by atoms with van der Waals surface area (Å²) in [7, 11) is 3.26. The molecule has 48 heavy (non-hydrogen) atoms. The van der Waals surface area contributed by atoms with E-state index in [1.807, 2.05) is 81.4 Å². The lowest BCUT2D eigenvalue weighted by Crippen LogP contribution is -2.45. The number of hydrogen-bond donors (Lipinski definition) is 0. The molecular weight excluding hydrogens is 639 g/mol. The van der Waals surface area contributed by atoms with Gasteiger partial charge in [-0.1, -0.05) is 6.07 Å². The van der Waals surface area contributed by atoms with Crippen molar-refractivity contribution in [1.82, 2.24) is 24.2 Å². The number of thiophene rings is 1. The number of nitrogens with zero attached hydrogens (tertiary/aromatic N) is 5. The van der Waals surface area contributed by atoms with Crippen LogP contribution in [0.25, 0.3) is 54.8 Å². The van der Waals surface area contributed by atoms with Gasteiger partial charge in [0.1, 0.15) is 40.2 Å². The van der Waals surface area contributed by atoms with Crippen molar-refractivity contribution in [2.24, 2.45) is 7.05 Å². The van der Waals surface area contributed by atoms with Crippen LogP contribution in [0.2, 0.25) is 0 Å². The van der Waals surface area contributed by atoms with Gasteiger partial charge in [-0.05, 0) is 58.9 Å². The summed E-state index contributed by atoms with van der Waals surface area (Å²) < 4.78 is 61.9. The molecule has 0 radical (unpaired) electrons. The monoisotopic (exact) mass is 673 g/mol. The summed E-state index contributed by atoms with van der Waals surface area (Å²) in [6, 6.07) is 10.8. The molecule has 4 aromatic heterocycles. The molecular formula is C36H34F3N5O3S. The second kappa shape index (κ2) is 11.4. The fourth-order valence-electron chi connectivity index (χ4n) is 6.51. The molecule has 0 saturated carbocycles. The van der Waals surface area contributed by atoms with E-state index in [-0.39, 0.29) is 34.0 Å². The van der Waals surface area contributed by atoms with E-state index < -0.39 is 35.2 Å². The standard InChI is InChI=1S/C36H34F3N5O3S/c1-18-16-43(35(45)47-36(3,4)5)19(2)27-15-25(41-44(18)27)33-31(29-23(38)13-22(37)14-28(29)46-7)30-24(39)17-48-34(30)32(40-33)21-8-9-26-20(12-21)10-11-42(26)6/h8-15,17-19H,16H2,1-7H3/t18-,19+/m0/s1. The van der Waals surface area contributed by atoms with Crippen LogP contribution in [-0.4, -0.2) is 49.6 Å². The average Bonchev–Trinajstić information content (AvgIpc) is 3.75. The molecule has 12 heteroatoms. The average molecular weight is 674 g/mol. The molecule has 0 spiro atoms. The summed E-state index contributed by atoms with van der Waals surface area (Å²) in [6.45, 7) is 9.59. The fraction of sp³-hybridized carbons (Fsp3) is 0.306. The number of carbonyl (C=O) groups excluding carboxylic acids is 1. The highest BCUT2D eigenvalue weighted by atomic mass is 32.1. The highest BCUT2D eigenvalue weighted by molar-refractivity contribution is 7.17. The Morgan fingerprint density at radius 1 is 1.00 bits per heavy atom.